The van der Waals surface area contributed by atoms with E-state index in [0.717, 1.165) is 11.3 Å². The summed E-state index contributed by atoms with van der Waals surface area (Å²) in [7, 11) is 0. The number of benzene rings is 1. The number of carbonyl (C=O) groups excluding carboxylic acids is 1. The van der Waals surface area contributed by atoms with E-state index >= 15 is 0 Å². The van der Waals surface area contributed by atoms with Crippen molar-refractivity contribution in [2.45, 2.75) is 19.4 Å². The van der Waals surface area contributed by atoms with E-state index in [-0.39, 0.29) is 5.91 Å². The zero-order chi connectivity index (χ0) is 11.0. The molecule has 1 N–H and O–H groups in total. The lowest BCUT2D eigenvalue weighted by molar-refractivity contribution is -0.139. The zero-order valence-corrected chi connectivity index (χ0v) is 8.30. The highest BCUT2D eigenvalue weighted by atomic mass is 16.4. The molecule has 4 heteroatoms. The summed E-state index contributed by atoms with van der Waals surface area (Å²) in [5.74, 6) is -1.13. The van der Waals surface area contributed by atoms with Crippen molar-refractivity contribution in [2.24, 2.45) is 0 Å². The number of carboxylic acids is 1. The van der Waals surface area contributed by atoms with Gasteiger partial charge in [0, 0.05) is 5.69 Å². The quantitative estimate of drug-likeness (QED) is 0.785. The molecule has 1 aliphatic rings. The molecular weight excluding hydrogens is 194 g/mol. The number of nitrogens with zero attached hydrogens (tertiary/aromatic N) is 1. The Bertz CT molecular complexity index is 428. The highest BCUT2D eigenvalue weighted by molar-refractivity contribution is 6.05. The summed E-state index contributed by atoms with van der Waals surface area (Å²) >= 11 is 0. The summed E-state index contributed by atoms with van der Waals surface area (Å²) in [6.45, 7) is 1.52. The van der Waals surface area contributed by atoms with Gasteiger partial charge in [0.05, 0.1) is 6.42 Å². The number of amides is 1. The van der Waals surface area contributed by atoms with Crippen LogP contribution in [-0.2, 0) is 16.0 Å². The topological polar surface area (TPSA) is 57.6 Å². The largest absolute Gasteiger partial charge is 0.480 e. The molecule has 4 nitrogen and oxygen atoms in total. The number of hydrogen-bond donors (Lipinski definition) is 1. The van der Waals surface area contributed by atoms with Crippen molar-refractivity contribution >= 4 is 17.6 Å². The Kier molecular flexibility index (Phi) is 2.19. The highest BCUT2D eigenvalue weighted by Crippen LogP contribution is 2.30. The molecule has 1 aromatic carbocycles. The molecule has 0 saturated carbocycles. The van der Waals surface area contributed by atoms with Gasteiger partial charge in [-0.1, -0.05) is 18.2 Å². The molecule has 1 amide bonds. The van der Waals surface area contributed by atoms with Crippen LogP contribution >= 0.6 is 0 Å². The van der Waals surface area contributed by atoms with E-state index in [9.17, 15) is 9.59 Å². The van der Waals surface area contributed by atoms with Crippen LogP contribution in [0.3, 0.4) is 0 Å². The number of anilines is 1. The minimum Gasteiger partial charge on any atom is -0.480 e. The van der Waals surface area contributed by atoms with E-state index in [1.807, 2.05) is 12.1 Å². The number of rotatable bonds is 2. The third kappa shape index (κ3) is 1.48. The third-order valence-electron chi connectivity index (χ3n) is 2.61. The molecule has 0 aliphatic carbocycles. The Morgan fingerprint density at radius 3 is 2.80 bits per heavy atom. The van der Waals surface area contributed by atoms with Gasteiger partial charge in [0.2, 0.25) is 5.91 Å². The van der Waals surface area contributed by atoms with Crippen molar-refractivity contribution in [1.82, 2.24) is 0 Å². The summed E-state index contributed by atoms with van der Waals surface area (Å²) in [5.41, 5.74) is 1.62. The molecule has 0 fully saturated rings. The second-order valence-corrected chi connectivity index (χ2v) is 3.58. The maximum absolute atomic E-state index is 11.6. The van der Waals surface area contributed by atoms with Crippen molar-refractivity contribution in [3.63, 3.8) is 0 Å². The number of aliphatic carboxylic acids is 1. The Balaban J connectivity index is 2.42. The number of hydrogen-bond acceptors (Lipinski definition) is 2. The number of fused-ring (bicyclic) bond motifs is 1. The van der Waals surface area contributed by atoms with Crippen molar-refractivity contribution < 1.29 is 14.7 Å². The van der Waals surface area contributed by atoms with Gasteiger partial charge in [-0.3, -0.25) is 9.69 Å². The fourth-order valence-corrected chi connectivity index (χ4v) is 1.81. The molecule has 78 valence electrons. The van der Waals surface area contributed by atoms with Crippen LogP contribution in [0.25, 0.3) is 0 Å². The van der Waals surface area contributed by atoms with Gasteiger partial charge in [-0.2, -0.15) is 0 Å². The molecule has 1 heterocycles. The van der Waals surface area contributed by atoms with Gasteiger partial charge in [0.15, 0.2) is 0 Å². The SMILES string of the molecule is C[C@H](C(=O)O)N1C(=O)Cc2ccccc21. The highest BCUT2D eigenvalue weighted by Gasteiger charge is 2.33. The zero-order valence-electron chi connectivity index (χ0n) is 8.30. The van der Waals surface area contributed by atoms with E-state index in [0.29, 0.717) is 6.42 Å². The van der Waals surface area contributed by atoms with Gasteiger partial charge in [-0.05, 0) is 18.6 Å². The first-order valence-corrected chi connectivity index (χ1v) is 4.74. The Morgan fingerprint density at radius 2 is 2.13 bits per heavy atom. The maximum Gasteiger partial charge on any atom is 0.326 e. The molecule has 0 aromatic heterocycles. The van der Waals surface area contributed by atoms with E-state index < -0.39 is 12.0 Å². The van der Waals surface area contributed by atoms with Gasteiger partial charge in [-0.15, -0.1) is 0 Å². The van der Waals surface area contributed by atoms with E-state index in [1.54, 1.807) is 12.1 Å². The van der Waals surface area contributed by atoms with E-state index in [4.69, 9.17) is 5.11 Å². The Hall–Kier alpha value is -1.84. The summed E-state index contributed by atoms with van der Waals surface area (Å²) < 4.78 is 0. The fraction of sp³-hybridized carbons (Fsp3) is 0.273. The van der Waals surface area contributed by atoms with Gasteiger partial charge in [0.1, 0.15) is 6.04 Å². The van der Waals surface area contributed by atoms with Crippen molar-refractivity contribution in [1.29, 1.82) is 0 Å². The summed E-state index contributed by atoms with van der Waals surface area (Å²) in [5, 5.41) is 8.89. The van der Waals surface area contributed by atoms with Gasteiger partial charge in [0.25, 0.3) is 0 Å². The molecule has 1 aromatic rings. The molecule has 1 aliphatic heterocycles. The monoisotopic (exact) mass is 205 g/mol. The lowest BCUT2D eigenvalue weighted by Gasteiger charge is -2.21. The van der Waals surface area contributed by atoms with Crippen molar-refractivity contribution in [3.05, 3.63) is 29.8 Å². The molecule has 0 spiro atoms. The predicted octanol–water partition coefficient (Wildman–Crippen LogP) is 1.05. The normalized spacial score (nSPS) is 16.3. The van der Waals surface area contributed by atoms with Crippen LogP contribution in [0.5, 0.6) is 0 Å². The van der Waals surface area contributed by atoms with Crippen LogP contribution in [0.1, 0.15) is 12.5 Å². The van der Waals surface area contributed by atoms with Crippen molar-refractivity contribution in [2.75, 3.05) is 4.90 Å². The molecule has 0 saturated heterocycles. The van der Waals surface area contributed by atoms with Crippen LogP contribution in [0.4, 0.5) is 5.69 Å². The first-order valence-electron chi connectivity index (χ1n) is 4.74. The summed E-state index contributed by atoms with van der Waals surface area (Å²) in [6.07, 6.45) is 0.299. The fourth-order valence-electron chi connectivity index (χ4n) is 1.81. The summed E-state index contributed by atoms with van der Waals surface area (Å²) in [6, 6.07) is 6.47. The number of carbonyl (C=O) groups is 2. The average Bonchev–Trinajstić information content (AvgIpc) is 2.52. The van der Waals surface area contributed by atoms with Crippen LogP contribution < -0.4 is 4.90 Å². The minimum absolute atomic E-state index is 0.147. The molecule has 15 heavy (non-hydrogen) atoms. The average molecular weight is 205 g/mol. The van der Waals surface area contributed by atoms with Crippen molar-refractivity contribution in [3.8, 4) is 0 Å². The van der Waals surface area contributed by atoms with Crippen LogP contribution in [0, 0.1) is 0 Å². The summed E-state index contributed by atoms with van der Waals surface area (Å²) in [4.78, 5) is 23.8. The third-order valence-corrected chi connectivity index (χ3v) is 2.61. The maximum atomic E-state index is 11.6. The predicted molar refractivity (Wildman–Crippen MR) is 54.7 cm³/mol. The number of carboxylic acid groups (broad SMARTS) is 1. The second-order valence-electron chi connectivity index (χ2n) is 3.58. The van der Waals surface area contributed by atoms with E-state index in [1.165, 1.54) is 11.8 Å². The molecular formula is C11H11NO3. The van der Waals surface area contributed by atoms with Crippen LogP contribution in [0.15, 0.2) is 24.3 Å². The molecule has 0 radical (unpaired) electrons. The van der Waals surface area contributed by atoms with Gasteiger partial charge >= 0.3 is 5.97 Å². The molecule has 0 unspecified atom stereocenters. The van der Waals surface area contributed by atoms with Crippen LogP contribution in [0.2, 0.25) is 0 Å². The first-order chi connectivity index (χ1) is 7.11. The van der Waals surface area contributed by atoms with E-state index in [2.05, 4.69) is 0 Å². The first kappa shape index (κ1) is 9.71. The Labute approximate surface area is 87.1 Å². The lowest BCUT2D eigenvalue weighted by Crippen LogP contribution is -2.41. The van der Waals surface area contributed by atoms with Gasteiger partial charge in [-0.25, -0.2) is 4.79 Å². The number of para-hydroxylation sites is 1. The molecule has 0 bridgehead atoms. The lowest BCUT2D eigenvalue weighted by atomic mass is 10.2. The van der Waals surface area contributed by atoms with Gasteiger partial charge < -0.3 is 5.11 Å². The van der Waals surface area contributed by atoms with Crippen LogP contribution in [-0.4, -0.2) is 23.0 Å². The second kappa shape index (κ2) is 3.38. The molecule has 2 rings (SSSR count). The minimum atomic E-state index is -0.986. The molecule has 1 atom stereocenters. The smallest absolute Gasteiger partial charge is 0.326 e. The standard InChI is InChI=1S/C11H11NO3/c1-7(11(14)15)12-9-5-3-2-4-8(9)6-10(12)13/h2-5,7H,6H2,1H3,(H,14,15)/t7-/m1/s1. The Morgan fingerprint density at radius 1 is 1.47 bits per heavy atom.